The number of nitrogens with zero attached hydrogens (tertiary/aromatic N) is 1. The van der Waals surface area contributed by atoms with Crippen LogP contribution in [0.2, 0.25) is 5.02 Å². The lowest BCUT2D eigenvalue weighted by molar-refractivity contribution is -0.120. The van der Waals surface area contributed by atoms with Crippen LogP contribution in [-0.4, -0.2) is 38.8 Å². The SMILES string of the molecule is COc1ccc(C)cc1NC(=O)[C@@H]1CCCN(S(=O)(=O)Cc2ccc(Cl)cc2)C1. The average Bonchev–Trinajstić information content (AvgIpc) is 2.70. The first-order valence-corrected chi connectivity index (χ1v) is 11.4. The zero-order chi connectivity index (χ0) is 21.0. The van der Waals surface area contributed by atoms with Gasteiger partial charge in [-0.3, -0.25) is 4.79 Å². The maximum atomic E-state index is 12.9. The molecule has 1 amide bonds. The van der Waals surface area contributed by atoms with E-state index >= 15 is 0 Å². The standard InChI is InChI=1S/C21H25ClN2O4S/c1-15-5-10-20(28-2)19(12-15)23-21(25)17-4-3-11-24(13-17)29(26,27)14-16-6-8-18(22)9-7-16/h5-10,12,17H,3-4,11,13-14H2,1-2H3,(H,23,25)/t17-/m1/s1. The van der Waals surface area contributed by atoms with E-state index in [1.54, 1.807) is 37.4 Å². The highest BCUT2D eigenvalue weighted by atomic mass is 35.5. The van der Waals surface area contributed by atoms with Gasteiger partial charge in [0.2, 0.25) is 15.9 Å². The van der Waals surface area contributed by atoms with Crippen LogP contribution in [0, 0.1) is 12.8 Å². The summed E-state index contributed by atoms with van der Waals surface area (Å²) in [4.78, 5) is 12.8. The number of methoxy groups -OCH3 is 1. The summed E-state index contributed by atoms with van der Waals surface area (Å²) in [6, 6.07) is 12.3. The molecule has 2 aromatic carbocycles. The molecule has 0 spiro atoms. The molecule has 0 saturated carbocycles. The molecule has 2 aromatic rings. The Bertz CT molecular complexity index is 977. The Labute approximate surface area is 176 Å². The van der Waals surface area contributed by atoms with Gasteiger partial charge in [-0.05, 0) is 55.2 Å². The molecule has 29 heavy (non-hydrogen) atoms. The van der Waals surface area contributed by atoms with Crippen molar-refractivity contribution in [2.75, 3.05) is 25.5 Å². The molecular weight excluding hydrogens is 412 g/mol. The van der Waals surface area contributed by atoms with E-state index in [1.165, 1.54) is 4.31 Å². The van der Waals surface area contributed by atoms with Gasteiger partial charge in [0.05, 0.1) is 24.5 Å². The van der Waals surface area contributed by atoms with E-state index in [1.807, 2.05) is 19.1 Å². The Hall–Kier alpha value is -2.09. The minimum Gasteiger partial charge on any atom is -0.495 e. The molecule has 0 aliphatic carbocycles. The minimum atomic E-state index is -3.52. The van der Waals surface area contributed by atoms with Crippen molar-refractivity contribution in [2.45, 2.75) is 25.5 Å². The fourth-order valence-electron chi connectivity index (χ4n) is 3.45. The monoisotopic (exact) mass is 436 g/mol. The molecule has 1 aliphatic rings. The Morgan fingerprint density at radius 2 is 1.97 bits per heavy atom. The van der Waals surface area contributed by atoms with Crippen molar-refractivity contribution < 1.29 is 17.9 Å². The van der Waals surface area contributed by atoms with Crippen LogP contribution in [0.25, 0.3) is 0 Å². The third-order valence-corrected chi connectivity index (χ3v) is 7.09. The second kappa shape index (κ2) is 9.15. The van der Waals surface area contributed by atoms with Gasteiger partial charge in [0.25, 0.3) is 0 Å². The van der Waals surface area contributed by atoms with Gasteiger partial charge in [0.15, 0.2) is 0 Å². The van der Waals surface area contributed by atoms with Gasteiger partial charge in [-0.1, -0.05) is 29.8 Å². The fourth-order valence-corrected chi connectivity index (χ4v) is 5.18. The molecular formula is C21H25ClN2O4S. The summed E-state index contributed by atoms with van der Waals surface area (Å²) in [6.07, 6.45) is 1.29. The largest absolute Gasteiger partial charge is 0.495 e. The van der Waals surface area contributed by atoms with Crippen LogP contribution < -0.4 is 10.1 Å². The molecule has 1 saturated heterocycles. The van der Waals surface area contributed by atoms with E-state index in [0.29, 0.717) is 41.4 Å². The summed E-state index contributed by atoms with van der Waals surface area (Å²) in [5.41, 5.74) is 2.26. The van der Waals surface area contributed by atoms with Gasteiger partial charge in [0.1, 0.15) is 5.75 Å². The number of carbonyl (C=O) groups is 1. The Kier molecular flexibility index (Phi) is 6.82. The molecule has 1 heterocycles. The number of rotatable bonds is 6. The average molecular weight is 437 g/mol. The molecule has 3 rings (SSSR count). The molecule has 0 unspecified atom stereocenters. The second-order valence-corrected chi connectivity index (χ2v) is 9.68. The van der Waals surface area contributed by atoms with Crippen LogP contribution in [0.3, 0.4) is 0 Å². The van der Waals surface area contributed by atoms with Gasteiger partial charge in [-0.25, -0.2) is 12.7 Å². The van der Waals surface area contributed by atoms with Crippen molar-refractivity contribution in [1.29, 1.82) is 0 Å². The first-order chi connectivity index (χ1) is 13.8. The van der Waals surface area contributed by atoms with Crippen LogP contribution in [0.5, 0.6) is 5.75 Å². The number of carbonyl (C=O) groups excluding carboxylic acids is 1. The Balaban J connectivity index is 1.69. The van der Waals surface area contributed by atoms with E-state index in [0.717, 1.165) is 5.56 Å². The lowest BCUT2D eigenvalue weighted by Gasteiger charge is -2.31. The van der Waals surface area contributed by atoms with Crippen molar-refractivity contribution >= 4 is 33.2 Å². The van der Waals surface area contributed by atoms with Crippen molar-refractivity contribution in [3.8, 4) is 5.75 Å². The van der Waals surface area contributed by atoms with E-state index < -0.39 is 15.9 Å². The van der Waals surface area contributed by atoms with E-state index in [2.05, 4.69) is 5.32 Å². The quantitative estimate of drug-likeness (QED) is 0.746. The maximum Gasteiger partial charge on any atom is 0.228 e. The number of hydrogen-bond donors (Lipinski definition) is 1. The van der Waals surface area contributed by atoms with Gasteiger partial charge in [-0.15, -0.1) is 0 Å². The van der Waals surface area contributed by atoms with Crippen molar-refractivity contribution in [2.24, 2.45) is 5.92 Å². The summed E-state index contributed by atoms with van der Waals surface area (Å²) in [6.45, 7) is 2.53. The van der Waals surface area contributed by atoms with Gasteiger partial charge >= 0.3 is 0 Å². The minimum absolute atomic E-state index is 0.107. The predicted octanol–water partition coefficient (Wildman–Crippen LogP) is 3.84. The molecule has 1 N–H and O–H groups in total. The summed E-state index contributed by atoms with van der Waals surface area (Å²) in [5, 5.41) is 3.46. The highest BCUT2D eigenvalue weighted by Gasteiger charge is 2.32. The maximum absolute atomic E-state index is 12.9. The predicted molar refractivity (Wildman–Crippen MR) is 115 cm³/mol. The third-order valence-electron chi connectivity index (χ3n) is 5.02. The van der Waals surface area contributed by atoms with Crippen molar-refractivity contribution in [3.63, 3.8) is 0 Å². The third kappa shape index (κ3) is 5.50. The number of sulfonamides is 1. The fraction of sp³-hybridized carbons (Fsp3) is 0.381. The summed E-state index contributed by atoms with van der Waals surface area (Å²) in [7, 11) is -1.97. The van der Waals surface area contributed by atoms with Crippen LogP contribution in [-0.2, 0) is 20.6 Å². The normalized spacial score (nSPS) is 17.7. The van der Waals surface area contributed by atoms with Crippen LogP contribution in [0.1, 0.15) is 24.0 Å². The topological polar surface area (TPSA) is 75.7 Å². The van der Waals surface area contributed by atoms with Gasteiger partial charge < -0.3 is 10.1 Å². The molecule has 0 bridgehead atoms. The highest BCUT2D eigenvalue weighted by molar-refractivity contribution is 7.88. The molecule has 8 heteroatoms. The molecule has 6 nitrogen and oxygen atoms in total. The van der Waals surface area contributed by atoms with Crippen molar-refractivity contribution in [3.05, 3.63) is 58.6 Å². The second-order valence-electron chi connectivity index (χ2n) is 7.27. The lowest BCUT2D eigenvalue weighted by Crippen LogP contribution is -2.44. The van der Waals surface area contributed by atoms with E-state index in [4.69, 9.17) is 16.3 Å². The number of aryl methyl sites for hydroxylation is 1. The van der Waals surface area contributed by atoms with E-state index in [-0.39, 0.29) is 18.2 Å². The first-order valence-electron chi connectivity index (χ1n) is 9.46. The van der Waals surface area contributed by atoms with Crippen LogP contribution in [0.15, 0.2) is 42.5 Å². The number of amides is 1. The smallest absolute Gasteiger partial charge is 0.228 e. The summed E-state index contributed by atoms with van der Waals surface area (Å²) < 4.78 is 32.4. The molecule has 0 radical (unpaired) electrons. The van der Waals surface area contributed by atoms with Gasteiger partial charge in [0, 0.05) is 18.1 Å². The lowest BCUT2D eigenvalue weighted by atomic mass is 9.98. The first kappa shape index (κ1) is 21.6. The number of ether oxygens (including phenoxy) is 1. The Morgan fingerprint density at radius 1 is 1.24 bits per heavy atom. The Morgan fingerprint density at radius 3 is 2.66 bits per heavy atom. The molecule has 156 valence electrons. The number of anilines is 1. The van der Waals surface area contributed by atoms with Crippen LogP contribution in [0.4, 0.5) is 5.69 Å². The van der Waals surface area contributed by atoms with Crippen molar-refractivity contribution in [1.82, 2.24) is 4.31 Å². The molecule has 1 atom stereocenters. The van der Waals surface area contributed by atoms with Crippen LogP contribution >= 0.6 is 11.6 Å². The molecule has 1 fully saturated rings. The zero-order valence-electron chi connectivity index (χ0n) is 16.5. The molecule has 0 aromatic heterocycles. The zero-order valence-corrected chi connectivity index (χ0v) is 18.1. The highest BCUT2D eigenvalue weighted by Crippen LogP contribution is 2.28. The number of benzene rings is 2. The summed E-state index contributed by atoms with van der Waals surface area (Å²) >= 11 is 5.87. The van der Waals surface area contributed by atoms with Gasteiger partial charge in [-0.2, -0.15) is 0 Å². The number of piperidine rings is 1. The van der Waals surface area contributed by atoms with E-state index in [9.17, 15) is 13.2 Å². The number of halogens is 1. The number of nitrogens with one attached hydrogen (secondary N) is 1. The summed E-state index contributed by atoms with van der Waals surface area (Å²) in [5.74, 6) is -0.134. The number of hydrogen-bond acceptors (Lipinski definition) is 4. The molecule has 1 aliphatic heterocycles.